The van der Waals surface area contributed by atoms with E-state index in [0.717, 1.165) is 3.92 Å². The molecule has 1 saturated carbocycles. The van der Waals surface area contributed by atoms with Crippen LogP contribution in [0.25, 0.3) is 0 Å². The minimum absolute atomic E-state index is 0.0221. The first-order chi connectivity index (χ1) is 7.32. The molecule has 0 N–H and O–H groups in total. The molecule has 0 bridgehead atoms. The van der Waals surface area contributed by atoms with Crippen LogP contribution in [0, 0.1) is 5.92 Å². The Morgan fingerprint density at radius 1 is 0.875 bits per heavy atom. The average molecular weight is 338 g/mol. The third-order valence-corrected chi connectivity index (χ3v) is 5.60. The van der Waals surface area contributed by atoms with Crippen molar-refractivity contribution < 1.29 is 9.47 Å². The van der Waals surface area contributed by atoms with E-state index in [1.54, 1.807) is 0 Å². The fourth-order valence-electron chi connectivity index (χ4n) is 2.43. The SMILES string of the molecule is CC1(C)OC([C@H]2CC[C@@H](I)CC2)OC1(C)C. The van der Waals surface area contributed by atoms with Gasteiger partial charge >= 0.3 is 0 Å². The van der Waals surface area contributed by atoms with Crippen molar-refractivity contribution in [2.45, 2.75) is 74.8 Å². The zero-order valence-corrected chi connectivity index (χ0v) is 12.9. The van der Waals surface area contributed by atoms with Crippen molar-refractivity contribution >= 4 is 22.6 Å². The van der Waals surface area contributed by atoms with Gasteiger partial charge in [-0.25, -0.2) is 0 Å². The van der Waals surface area contributed by atoms with Crippen molar-refractivity contribution in [2.24, 2.45) is 5.92 Å². The predicted molar refractivity (Wildman–Crippen MR) is 73.9 cm³/mol. The van der Waals surface area contributed by atoms with Crippen LogP contribution in [-0.2, 0) is 9.47 Å². The van der Waals surface area contributed by atoms with Gasteiger partial charge in [-0.3, -0.25) is 0 Å². The summed E-state index contributed by atoms with van der Waals surface area (Å²) in [7, 11) is 0. The lowest BCUT2D eigenvalue weighted by atomic mass is 9.89. The van der Waals surface area contributed by atoms with Crippen molar-refractivity contribution in [1.82, 2.24) is 0 Å². The maximum absolute atomic E-state index is 6.11. The first-order valence-corrected chi connectivity index (χ1v) is 7.56. The van der Waals surface area contributed by atoms with E-state index in [9.17, 15) is 0 Å². The number of halogens is 1. The quantitative estimate of drug-likeness (QED) is 0.533. The molecule has 0 atom stereocenters. The Labute approximate surface area is 113 Å². The average Bonchev–Trinajstić information content (AvgIpc) is 2.37. The normalized spacial score (nSPS) is 38.8. The van der Waals surface area contributed by atoms with Gasteiger partial charge in [0.2, 0.25) is 0 Å². The molecule has 0 aromatic rings. The van der Waals surface area contributed by atoms with E-state index in [4.69, 9.17) is 9.47 Å². The number of ether oxygens (including phenoxy) is 2. The first-order valence-electron chi connectivity index (χ1n) is 6.31. The summed E-state index contributed by atoms with van der Waals surface area (Å²) in [5, 5.41) is 0. The molecule has 16 heavy (non-hydrogen) atoms. The molecule has 1 aliphatic heterocycles. The highest BCUT2D eigenvalue weighted by atomic mass is 127. The van der Waals surface area contributed by atoms with Gasteiger partial charge < -0.3 is 9.47 Å². The van der Waals surface area contributed by atoms with Gasteiger partial charge in [0, 0.05) is 9.84 Å². The van der Waals surface area contributed by atoms with Crippen molar-refractivity contribution in [1.29, 1.82) is 0 Å². The molecule has 2 aliphatic rings. The van der Waals surface area contributed by atoms with E-state index in [1.165, 1.54) is 25.7 Å². The van der Waals surface area contributed by atoms with E-state index >= 15 is 0 Å². The zero-order chi connectivity index (χ0) is 12.0. The van der Waals surface area contributed by atoms with Crippen LogP contribution in [0.15, 0.2) is 0 Å². The van der Waals surface area contributed by atoms with Crippen molar-refractivity contribution in [3.8, 4) is 0 Å². The molecule has 2 fully saturated rings. The molecule has 1 aliphatic carbocycles. The van der Waals surface area contributed by atoms with Crippen LogP contribution in [0.1, 0.15) is 53.4 Å². The van der Waals surface area contributed by atoms with Crippen molar-refractivity contribution in [2.75, 3.05) is 0 Å². The monoisotopic (exact) mass is 338 g/mol. The minimum Gasteiger partial charge on any atom is -0.343 e. The molecular formula is C13H23IO2. The third kappa shape index (κ3) is 2.41. The van der Waals surface area contributed by atoms with Crippen molar-refractivity contribution in [3.63, 3.8) is 0 Å². The van der Waals surface area contributed by atoms with E-state index in [1.807, 2.05) is 0 Å². The second-order valence-corrected chi connectivity index (χ2v) is 7.90. The summed E-state index contributed by atoms with van der Waals surface area (Å²) in [6, 6.07) is 0. The Bertz CT molecular complexity index is 239. The van der Waals surface area contributed by atoms with E-state index in [-0.39, 0.29) is 17.5 Å². The molecule has 2 rings (SSSR count). The van der Waals surface area contributed by atoms with Gasteiger partial charge in [0.25, 0.3) is 0 Å². The molecule has 0 spiro atoms. The maximum Gasteiger partial charge on any atom is 0.162 e. The Kier molecular flexibility index (Phi) is 3.59. The van der Waals surface area contributed by atoms with Crippen LogP contribution in [0.2, 0.25) is 0 Å². The molecule has 0 amide bonds. The molecule has 1 heterocycles. The van der Waals surface area contributed by atoms with Crippen molar-refractivity contribution in [3.05, 3.63) is 0 Å². The predicted octanol–water partition coefficient (Wildman–Crippen LogP) is 3.91. The van der Waals surface area contributed by atoms with Crippen LogP contribution in [0.5, 0.6) is 0 Å². The lowest BCUT2D eigenvalue weighted by molar-refractivity contribution is -0.128. The summed E-state index contributed by atoms with van der Waals surface area (Å²) in [5.41, 5.74) is -0.336. The molecule has 0 unspecified atom stereocenters. The van der Waals surface area contributed by atoms with Crippen LogP contribution in [0.4, 0.5) is 0 Å². The fourth-order valence-corrected chi connectivity index (χ4v) is 3.15. The molecular weight excluding hydrogens is 315 g/mol. The van der Waals surface area contributed by atoms with Gasteiger partial charge in [0.15, 0.2) is 6.29 Å². The van der Waals surface area contributed by atoms with E-state index in [2.05, 4.69) is 50.3 Å². The fraction of sp³-hybridized carbons (Fsp3) is 1.00. The Morgan fingerprint density at radius 2 is 1.31 bits per heavy atom. The van der Waals surface area contributed by atoms with Gasteiger partial charge in [0.05, 0.1) is 11.2 Å². The van der Waals surface area contributed by atoms with Crippen LogP contribution >= 0.6 is 22.6 Å². The zero-order valence-electron chi connectivity index (χ0n) is 10.8. The second kappa shape index (κ2) is 4.39. The molecule has 0 radical (unpaired) electrons. The number of rotatable bonds is 1. The van der Waals surface area contributed by atoms with Gasteiger partial charge in [-0.2, -0.15) is 0 Å². The Morgan fingerprint density at radius 3 is 1.75 bits per heavy atom. The summed E-state index contributed by atoms with van der Waals surface area (Å²) in [5.74, 6) is 0.604. The van der Waals surface area contributed by atoms with Crippen LogP contribution < -0.4 is 0 Å². The van der Waals surface area contributed by atoms with Crippen LogP contribution in [0.3, 0.4) is 0 Å². The number of hydrogen-bond acceptors (Lipinski definition) is 2. The topological polar surface area (TPSA) is 18.5 Å². The third-order valence-electron chi connectivity index (χ3n) is 4.36. The lowest BCUT2D eigenvalue weighted by Crippen LogP contribution is -2.41. The number of hydrogen-bond donors (Lipinski definition) is 0. The van der Waals surface area contributed by atoms with Crippen LogP contribution in [-0.4, -0.2) is 21.4 Å². The second-order valence-electron chi connectivity index (χ2n) is 6.14. The molecule has 0 aromatic heterocycles. The highest BCUT2D eigenvalue weighted by Gasteiger charge is 2.51. The van der Waals surface area contributed by atoms with Gasteiger partial charge in [-0.05, 0) is 53.4 Å². The summed E-state index contributed by atoms with van der Waals surface area (Å²) in [6.45, 7) is 8.54. The Hall–Kier alpha value is 0.650. The molecule has 2 nitrogen and oxygen atoms in total. The standard InChI is InChI=1S/C13H23IO2/c1-12(2)13(3,4)16-11(15-12)9-5-7-10(14)8-6-9/h9-11H,5-8H2,1-4H3/t9-,10+. The number of alkyl halides is 1. The highest BCUT2D eigenvalue weighted by Crippen LogP contribution is 2.44. The molecule has 94 valence electrons. The summed E-state index contributed by atoms with van der Waals surface area (Å²) in [4.78, 5) is 0. The Balaban J connectivity index is 1.98. The molecule has 0 aromatic carbocycles. The highest BCUT2D eigenvalue weighted by molar-refractivity contribution is 14.1. The molecule has 1 saturated heterocycles. The maximum atomic E-state index is 6.11. The summed E-state index contributed by atoms with van der Waals surface area (Å²) >= 11 is 2.56. The largest absolute Gasteiger partial charge is 0.343 e. The van der Waals surface area contributed by atoms with Gasteiger partial charge in [-0.1, -0.05) is 22.6 Å². The van der Waals surface area contributed by atoms with Gasteiger partial charge in [0.1, 0.15) is 0 Å². The minimum atomic E-state index is -0.168. The summed E-state index contributed by atoms with van der Waals surface area (Å²) in [6.07, 6.45) is 5.16. The smallest absolute Gasteiger partial charge is 0.162 e. The lowest BCUT2D eigenvalue weighted by Gasteiger charge is -2.30. The molecule has 3 heteroatoms. The van der Waals surface area contributed by atoms with E-state index in [0.29, 0.717) is 5.92 Å². The van der Waals surface area contributed by atoms with E-state index < -0.39 is 0 Å². The summed E-state index contributed by atoms with van der Waals surface area (Å²) < 4.78 is 13.1. The first kappa shape index (κ1) is 13.1. The van der Waals surface area contributed by atoms with Gasteiger partial charge in [-0.15, -0.1) is 0 Å².